The normalized spacial score (nSPS) is 20.1. The highest BCUT2D eigenvalue weighted by molar-refractivity contribution is 8.00. The van der Waals surface area contributed by atoms with Crippen LogP contribution in [0.3, 0.4) is 0 Å². The van der Waals surface area contributed by atoms with Crippen molar-refractivity contribution in [3.63, 3.8) is 0 Å². The lowest BCUT2D eigenvalue weighted by molar-refractivity contribution is -0.113. The summed E-state index contributed by atoms with van der Waals surface area (Å²) in [5.74, 6) is 0.748. The number of nitrogens with zero attached hydrogens (tertiary/aromatic N) is 4. The van der Waals surface area contributed by atoms with E-state index in [0.717, 1.165) is 10.6 Å². The summed E-state index contributed by atoms with van der Waals surface area (Å²) in [6.07, 6.45) is 0.645. The minimum Gasteiger partial charge on any atom is -0.481 e. The number of ether oxygens (including phenoxy) is 1. The number of alkyl halides is 1. The number of methoxy groups -OCH3 is 1. The summed E-state index contributed by atoms with van der Waals surface area (Å²) in [6.45, 7) is 2.41. The second-order valence-electron chi connectivity index (χ2n) is 8.71. The highest BCUT2D eigenvalue weighted by Gasteiger charge is 2.32. The first kappa shape index (κ1) is 23.8. The molecule has 11 heteroatoms. The number of carbonyl (C=O) groups is 1. The number of nitrogens with one attached hydrogen (secondary N) is 2. The Morgan fingerprint density at radius 1 is 1.26 bits per heavy atom. The number of amides is 1. The Kier molecular flexibility index (Phi) is 7.07. The molecule has 8 nitrogen and oxygen atoms in total. The monoisotopic (exact) mass is 500 g/mol. The van der Waals surface area contributed by atoms with Crippen molar-refractivity contribution in [1.29, 1.82) is 0 Å². The van der Waals surface area contributed by atoms with Gasteiger partial charge < -0.3 is 15.4 Å². The van der Waals surface area contributed by atoms with Crippen LogP contribution in [0.25, 0.3) is 11.0 Å². The number of anilines is 1. The molecule has 3 aromatic heterocycles. The van der Waals surface area contributed by atoms with Crippen LogP contribution in [0, 0.1) is 11.7 Å². The summed E-state index contributed by atoms with van der Waals surface area (Å²) in [5, 5.41) is 6.08. The van der Waals surface area contributed by atoms with E-state index in [0.29, 0.717) is 73.2 Å². The average molecular weight is 501 g/mol. The van der Waals surface area contributed by atoms with Crippen molar-refractivity contribution < 1.29 is 18.3 Å². The lowest BCUT2D eigenvalue weighted by Crippen LogP contribution is -2.29. The number of hydrogen-bond donors (Lipinski definition) is 2. The molecule has 2 aliphatic heterocycles. The van der Waals surface area contributed by atoms with Crippen molar-refractivity contribution >= 4 is 34.5 Å². The highest BCUT2D eigenvalue weighted by atomic mass is 32.2. The summed E-state index contributed by atoms with van der Waals surface area (Å²) >= 11 is 1.47. The van der Waals surface area contributed by atoms with Crippen LogP contribution < -0.4 is 15.4 Å². The van der Waals surface area contributed by atoms with Gasteiger partial charge in [0.2, 0.25) is 11.8 Å². The largest absolute Gasteiger partial charge is 0.481 e. The number of thioether (sulfide) groups is 1. The van der Waals surface area contributed by atoms with E-state index >= 15 is 0 Å². The molecule has 35 heavy (non-hydrogen) atoms. The van der Waals surface area contributed by atoms with Gasteiger partial charge in [-0.25, -0.2) is 18.7 Å². The molecule has 1 saturated heterocycles. The van der Waals surface area contributed by atoms with Gasteiger partial charge in [-0.3, -0.25) is 14.7 Å². The minimum absolute atomic E-state index is 0.0546. The number of carbonyl (C=O) groups excluding carboxylic acids is 1. The molecule has 2 N–H and O–H groups in total. The van der Waals surface area contributed by atoms with Gasteiger partial charge in [-0.05, 0) is 24.6 Å². The van der Waals surface area contributed by atoms with Gasteiger partial charge in [0.05, 0.1) is 40.7 Å². The van der Waals surface area contributed by atoms with Crippen molar-refractivity contribution in [1.82, 2.24) is 25.2 Å². The zero-order valence-corrected chi connectivity index (χ0v) is 20.1. The lowest BCUT2D eigenvalue weighted by atomic mass is 10.1. The molecule has 184 valence electrons. The minimum atomic E-state index is -0.966. The molecule has 0 spiro atoms. The molecule has 0 radical (unpaired) electrons. The molecule has 1 fully saturated rings. The first-order valence-electron chi connectivity index (χ1n) is 11.5. The van der Waals surface area contributed by atoms with E-state index in [4.69, 9.17) is 4.74 Å². The fourth-order valence-corrected chi connectivity index (χ4v) is 5.23. The van der Waals surface area contributed by atoms with Gasteiger partial charge in [0.25, 0.3) is 0 Å². The standard InChI is InChI=1S/C24H26F2N6O2S/c1-34-22-5-3-19-23(31-22)16(17(25)10-28-19)6-7-32-11-14(18(26)12-32)8-27-9-15-2-4-20-24(29-15)30-21(33)13-35-20/h2-5,10,14,18,27H,6-9,11-13H2,1H3,(H,29,30,33)/t14-,18+/m0/s1. The molecule has 0 aliphatic carbocycles. The van der Waals surface area contributed by atoms with Gasteiger partial charge >= 0.3 is 0 Å². The van der Waals surface area contributed by atoms with E-state index in [1.165, 1.54) is 25.1 Å². The van der Waals surface area contributed by atoms with Crippen molar-refractivity contribution in [2.24, 2.45) is 5.92 Å². The maximum absolute atomic E-state index is 14.7. The molecule has 5 heterocycles. The molecule has 0 aromatic carbocycles. The third-order valence-electron chi connectivity index (χ3n) is 6.31. The smallest absolute Gasteiger partial charge is 0.235 e. The third kappa shape index (κ3) is 5.36. The summed E-state index contributed by atoms with van der Waals surface area (Å²) < 4.78 is 34.5. The zero-order chi connectivity index (χ0) is 24.4. The molecule has 0 bridgehead atoms. The van der Waals surface area contributed by atoms with Crippen LogP contribution in [0.1, 0.15) is 11.3 Å². The van der Waals surface area contributed by atoms with Crippen molar-refractivity contribution in [3.05, 3.63) is 47.5 Å². The van der Waals surface area contributed by atoms with E-state index in [1.54, 1.807) is 12.1 Å². The topological polar surface area (TPSA) is 92.3 Å². The van der Waals surface area contributed by atoms with Crippen LogP contribution in [-0.2, 0) is 17.8 Å². The Morgan fingerprint density at radius 2 is 2.14 bits per heavy atom. The number of pyridine rings is 3. The predicted octanol–water partition coefficient (Wildman–Crippen LogP) is 2.82. The quantitative estimate of drug-likeness (QED) is 0.488. The molecular weight excluding hydrogens is 474 g/mol. The average Bonchev–Trinajstić information content (AvgIpc) is 3.21. The van der Waals surface area contributed by atoms with Gasteiger partial charge in [0.1, 0.15) is 17.8 Å². The molecular formula is C24H26F2N6O2S. The number of rotatable bonds is 8. The summed E-state index contributed by atoms with van der Waals surface area (Å²) in [5.41, 5.74) is 2.34. The van der Waals surface area contributed by atoms with Crippen LogP contribution >= 0.6 is 11.8 Å². The van der Waals surface area contributed by atoms with E-state index < -0.39 is 12.0 Å². The number of fused-ring (bicyclic) bond motifs is 2. The van der Waals surface area contributed by atoms with Crippen molar-refractivity contribution in [2.45, 2.75) is 24.0 Å². The Bertz CT molecular complexity index is 1250. The predicted molar refractivity (Wildman–Crippen MR) is 130 cm³/mol. The molecule has 2 aliphatic rings. The number of likely N-dealkylation sites (tertiary alicyclic amines) is 1. The van der Waals surface area contributed by atoms with E-state index in [-0.39, 0.29) is 11.8 Å². The second-order valence-corrected chi connectivity index (χ2v) is 9.73. The van der Waals surface area contributed by atoms with Gasteiger partial charge in [-0.2, -0.15) is 0 Å². The summed E-state index contributed by atoms with van der Waals surface area (Å²) in [4.78, 5) is 27.5. The molecule has 0 saturated carbocycles. The summed E-state index contributed by atoms with van der Waals surface area (Å²) in [7, 11) is 1.51. The van der Waals surface area contributed by atoms with Gasteiger partial charge in [-0.1, -0.05) is 0 Å². The van der Waals surface area contributed by atoms with Crippen LogP contribution in [0.4, 0.5) is 14.6 Å². The molecule has 5 rings (SSSR count). The summed E-state index contributed by atoms with van der Waals surface area (Å²) in [6, 6.07) is 7.31. The molecule has 3 aromatic rings. The van der Waals surface area contributed by atoms with Gasteiger partial charge in [0, 0.05) is 50.3 Å². The van der Waals surface area contributed by atoms with Crippen molar-refractivity contribution in [2.75, 3.05) is 44.4 Å². The fraction of sp³-hybridized carbons (Fsp3) is 0.417. The van der Waals surface area contributed by atoms with Gasteiger partial charge in [0.15, 0.2) is 0 Å². The Labute approximate surface area is 205 Å². The molecule has 1 amide bonds. The van der Waals surface area contributed by atoms with E-state index in [9.17, 15) is 13.6 Å². The lowest BCUT2D eigenvalue weighted by Gasteiger charge is -2.17. The second kappa shape index (κ2) is 10.4. The maximum Gasteiger partial charge on any atom is 0.235 e. The van der Waals surface area contributed by atoms with Crippen LogP contribution in [0.5, 0.6) is 5.88 Å². The Morgan fingerprint density at radius 3 is 3.00 bits per heavy atom. The van der Waals surface area contributed by atoms with Crippen LogP contribution in [-0.4, -0.2) is 71.0 Å². The first-order valence-corrected chi connectivity index (χ1v) is 12.5. The SMILES string of the molecule is COc1ccc2ncc(F)c(CCN3C[C@H](CNCc4ccc5c(n4)NC(=O)CS5)[C@H](F)C3)c2n1. The van der Waals surface area contributed by atoms with Crippen LogP contribution in [0.2, 0.25) is 0 Å². The maximum atomic E-state index is 14.7. The number of aromatic nitrogens is 3. The highest BCUT2D eigenvalue weighted by Crippen LogP contribution is 2.30. The Hall–Kier alpha value is -2.89. The zero-order valence-electron chi connectivity index (χ0n) is 19.3. The number of hydrogen-bond acceptors (Lipinski definition) is 8. The fourth-order valence-electron chi connectivity index (χ4n) is 4.48. The Balaban J connectivity index is 1.15. The first-order chi connectivity index (χ1) is 17.0. The van der Waals surface area contributed by atoms with E-state index in [2.05, 4.69) is 25.6 Å². The third-order valence-corrected chi connectivity index (χ3v) is 7.36. The molecule has 2 atom stereocenters. The van der Waals surface area contributed by atoms with E-state index in [1.807, 2.05) is 17.0 Å². The van der Waals surface area contributed by atoms with Gasteiger partial charge in [-0.15, -0.1) is 11.8 Å². The van der Waals surface area contributed by atoms with Crippen molar-refractivity contribution in [3.8, 4) is 5.88 Å². The van der Waals surface area contributed by atoms with Crippen LogP contribution in [0.15, 0.2) is 35.4 Å². The molecule has 0 unspecified atom stereocenters. The number of halogens is 2.